The maximum atomic E-state index is 13.9. The fourth-order valence-corrected chi connectivity index (χ4v) is 3.58. The molecular formula is C22H26FNO3. The highest BCUT2D eigenvalue weighted by Gasteiger charge is 2.40. The molecule has 27 heavy (non-hydrogen) atoms. The largest absolute Gasteiger partial charge is 0.388 e. The molecule has 4 nitrogen and oxygen atoms in total. The predicted octanol–water partition coefficient (Wildman–Crippen LogP) is 3.07. The minimum atomic E-state index is -1.13. The Kier molecular flexibility index (Phi) is 5.63. The molecule has 0 radical (unpaired) electrons. The molecule has 1 aliphatic heterocycles. The topological polar surface area (TPSA) is 60.8 Å². The number of hydrogen-bond donors (Lipinski definition) is 2. The average Bonchev–Trinajstić information content (AvgIpc) is 2.67. The van der Waals surface area contributed by atoms with Crippen molar-refractivity contribution in [3.63, 3.8) is 0 Å². The zero-order valence-corrected chi connectivity index (χ0v) is 15.8. The van der Waals surface area contributed by atoms with E-state index in [4.69, 9.17) is 0 Å². The van der Waals surface area contributed by atoms with Crippen LogP contribution in [0.15, 0.2) is 42.5 Å². The van der Waals surface area contributed by atoms with Crippen molar-refractivity contribution in [1.29, 1.82) is 0 Å². The van der Waals surface area contributed by atoms with Crippen LogP contribution in [-0.2, 0) is 6.42 Å². The molecule has 5 heteroatoms. The first kappa shape index (κ1) is 19.5. The summed E-state index contributed by atoms with van der Waals surface area (Å²) in [4.78, 5) is 14.6. The summed E-state index contributed by atoms with van der Waals surface area (Å²) in [6.45, 7) is 4.05. The van der Waals surface area contributed by atoms with Gasteiger partial charge in [-0.2, -0.15) is 0 Å². The molecule has 1 fully saturated rings. The Hall–Kier alpha value is -2.24. The summed E-state index contributed by atoms with van der Waals surface area (Å²) in [5.41, 5.74) is 1.63. The second-order valence-electron chi connectivity index (χ2n) is 7.39. The summed E-state index contributed by atoms with van der Waals surface area (Å²) >= 11 is 0. The van der Waals surface area contributed by atoms with Crippen LogP contribution in [0.25, 0.3) is 0 Å². The Labute approximate surface area is 159 Å². The predicted molar refractivity (Wildman–Crippen MR) is 102 cm³/mol. The van der Waals surface area contributed by atoms with Gasteiger partial charge in [0.25, 0.3) is 5.91 Å². The van der Waals surface area contributed by atoms with Gasteiger partial charge in [-0.25, -0.2) is 4.39 Å². The highest BCUT2D eigenvalue weighted by Crippen LogP contribution is 2.27. The van der Waals surface area contributed by atoms with Crippen LogP contribution in [0.1, 0.15) is 46.8 Å². The molecule has 2 unspecified atom stereocenters. The van der Waals surface area contributed by atoms with Gasteiger partial charge in [0.05, 0.1) is 5.60 Å². The summed E-state index contributed by atoms with van der Waals surface area (Å²) in [6, 6.07) is 12.4. The number of nitrogens with zero attached hydrogens (tertiary/aromatic N) is 1. The van der Waals surface area contributed by atoms with Crippen LogP contribution in [0.2, 0.25) is 0 Å². The molecule has 0 saturated carbocycles. The van der Waals surface area contributed by atoms with Crippen LogP contribution in [-0.4, -0.2) is 45.8 Å². The number of amides is 1. The van der Waals surface area contributed by atoms with Crippen molar-refractivity contribution in [2.75, 3.05) is 13.1 Å². The smallest absolute Gasteiger partial charge is 0.254 e. The third-order valence-corrected chi connectivity index (χ3v) is 5.61. The van der Waals surface area contributed by atoms with Gasteiger partial charge in [-0.1, -0.05) is 37.3 Å². The standard InChI is InChI=1S/C22H26FNO3/c1-3-22(27)10-11-24(14-20(22)25)21(26)18-7-5-4-6-17(18)12-16-9-8-15(2)19(23)13-16/h4-9,13,20,25,27H,3,10-12,14H2,1-2H3. The third-order valence-electron chi connectivity index (χ3n) is 5.61. The lowest BCUT2D eigenvalue weighted by atomic mass is 9.86. The number of β-amino-alcohol motifs (C(OH)–C–C–N with tert-alkyl or cyclic N) is 1. The minimum Gasteiger partial charge on any atom is -0.388 e. The number of hydrogen-bond acceptors (Lipinski definition) is 3. The first-order chi connectivity index (χ1) is 12.8. The number of rotatable bonds is 4. The molecule has 2 N–H and O–H groups in total. The molecule has 1 amide bonds. The number of benzene rings is 2. The molecule has 2 aromatic carbocycles. The first-order valence-electron chi connectivity index (χ1n) is 9.36. The van der Waals surface area contributed by atoms with Gasteiger partial charge in [-0.15, -0.1) is 0 Å². The lowest BCUT2D eigenvalue weighted by Gasteiger charge is -2.41. The average molecular weight is 371 g/mol. The fourth-order valence-electron chi connectivity index (χ4n) is 3.58. The SMILES string of the molecule is CCC1(O)CCN(C(=O)c2ccccc2Cc2ccc(C)c(F)c2)CC1O. The molecule has 0 aromatic heterocycles. The van der Waals surface area contributed by atoms with E-state index in [2.05, 4.69) is 0 Å². The van der Waals surface area contributed by atoms with Gasteiger partial charge in [0.1, 0.15) is 11.9 Å². The van der Waals surface area contributed by atoms with Crippen LogP contribution in [0.3, 0.4) is 0 Å². The fraction of sp³-hybridized carbons (Fsp3) is 0.409. The van der Waals surface area contributed by atoms with Gasteiger partial charge < -0.3 is 15.1 Å². The number of likely N-dealkylation sites (tertiary alicyclic amines) is 1. The van der Waals surface area contributed by atoms with Crippen LogP contribution in [0.5, 0.6) is 0 Å². The second-order valence-corrected chi connectivity index (χ2v) is 7.39. The van der Waals surface area contributed by atoms with Crippen molar-refractivity contribution in [1.82, 2.24) is 4.90 Å². The number of piperidine rings is 1. The highest BCUT2D eigenvalue weighted by molar-refractivity contribution is 5.96. The number of carbonyl (C=O) groups is 1. The monoisotopic (exact) mass is 371 g/mol. The number of carbonyl (C=O) groups excluding carboxylic acids is 1. The zero-order valence-electron chi connectivity index (χ0n) is 15.8. The Balaban J connectivity index is 1.81. The van der Waals surface area contributed by atoms with Crippen molar-refractivity contribution in [2.24, 2.45) is 0 Å². The molecule has 0 aliphatic carbocycles. The number of aryl methyl sites for hydroxylation is 1. The molecule has 0 spiro atoms. The van der Waals surface area contributed by atoms with Crippen molar-refractivity contribution in [3.05, 3.63) is 70.5 Å². The summed E-state index contributed by atoms with van der Waals surface area (Å²) in [5, 5.41) is 20.7. The van der Waals surface area contributed by atoms with Gasteiger partial charge in [0.2, 0.25) is 0 Å². The maximum Gasteiger partial charge on any atom is 0.254 e. The van der Waals surface area contributed by atoms with E-state index in [-0.39, 0.29) is 18.3 Å². The minimum absolute atomic E-state index is 0.108. The molecular weight excluding hydrogens is 345 g/mol. The van der Waals surface area contributed by atoms with Gasteiger partial charge >= 0.3 is 0 Å². The van der Waals surface area contributed by atoms with Crippen LogP contribution < -0.4 is 0 Å². The molecule has 1 saturated heterocycles. The molecule has 1 aliphatic rings. The molecule has 3 rings (SSSR count). The number of aliphatic hydroxyl groups excluding tert-OH is 1. The summed E-state index contributed by atoms with van der Waals surface area (Å²) in [5.74, 6) is -0.426. The zero-order chi connectivity index (χ0) is 19.6. The molecule has 0 bridgehead atoms. The lowest BCUT2D eigenvalue weighted by molar-refractivity contribution is -0.114. The van der Waals surface area contributed by atoms with Crippen molar-refractivity contribution in [3.8, 4) is 0 Å². The Morgan fingerprint density at radius 2 is 2.04 bits per heavy atom. The third kappa shape index (κ3) is 4.04. The van der Waals surface area contributed by atoms with Crippen LogP contribution in [0.4, 0.5) is 4.39 Å². The van der Waals surface area contributed by atoms with E-state index < -0.39 is 11.7 Å². The highest BCUT2D eigenvalue weighted by atomic mass is 19.1. The Morgan fingerprint density at radius 1 is 1.30 bits per heavy atom. The van der Waals surface area contributed by atoms with E-state index in [1.165, 1.54) is 6.07 Å². The molecule has 144 valence electrons. The number of aliphatic hydroxyl groups is 2. The molecule has 2 atom stereocenters. The van der Waals surface area contributed by atoms with E-state index >= 15 is 0 Å². The summed E-state index contributed by atoms with van der Waals surface area (Å²) < 4.78 is 13.9. The van der Waals surface area contributed by atoms with Gasteiger partial charge in [-0.3, -0.25) is 4.79 Å². The second kappa shape index (κ2) is 7.79. The maximum absolute atomic E-state index is 13.9. The Bertz CT molecular complexity index is 838. The normalized spacial score (nSPS) is 22.7. The van der Waals surface area contributed by atoms with Crippen LogP contribution in [0, 0.1) is 12.7 Å². The molecule has 1 heterocycles. The first-order valence-corrected chi connectivity index (χ1v) is 9.36. The van der Waals surface area contributed by atoms with E-state index in [1.807, 2.05) is 25.1 Å². The van der Waals surface area contributed by atoms with E-state index in [1.54, 1.807) is 30.0 Å². The van der Waals surface area contributed by atoms with E-state index in [0.29, 0.717) is 36.9 Å². The van der Waals surface area contributed by atoms with E-state index in [9.17, 15) is 19.4 Å². The Morgan fingerprint density at radius 3 is 2.70 bits per heavy atom. The summed E-state index contributed by atoms with van der Waals surface area (Å²) in [6.07, 6.45) is 0.292. The number of halogens is 1. The van der Waals surface area contributed by atoms with Crippen LogP contribution >= 0.6 is 0 Å². The van der Waals surface area contributed by atoms with E-state index in [0.717, 1.165) is 11.1 Å². The van der Waals surface area contributed by atoms with Crippen molar-refractivity contribution in [2.45, 2.75) is 44.8 Å². The summed E-state index contributed by atoms with van der Waals surface area (Å²) in [7, 11) is 0. The van der Waals surface area contributed by atoms with Gasteiger partial charge in [-0.05, 0) is 55.0 Å². The molecule has 2 aromatic rings. The van der Waals surface area contributed by atoms with Crippen molar-refractivity contribution < 1.29 is 19.4 Å². The van der Waals surface area contributed by atoms with Crippen molar-refractivity contribution >= 4 is 5.91 Å². The van der Waals surface area contributed by atoms with Gasteiger partial charge in [0.15, 0.2) is 0 Å². The van der Waals surface area contributed by atoms with Gasteiger partial charge in [0, 0.05) is 18.7 Å². The lowest BCUT2D eigenvalue weighted by Crippen LogP contribution is -2.56. The quantitative estimate of drug-likeness (QED) is 0.868.